The Bertz CT molecular complexity index is 1260. The number of aromatic nitrogens is 1. The lowest BCUT2D eigenvalue weighted by atomic mass is 10.2. The van der Waals surface area contributed by atoms with Crippen molar-refractivity contribution in [3.63, 3.8) is 0 Å². The highest BCUT2D eigenvalue weighted by Gasteiger charge is 2.29. The van der Waals surface area contributed by atoms with Gasteiger partial charge in [0.05, 0.1) is 7.11 Å². The SMILES string of the molecule is COc1ccc(C(=O)Nc2ccc3oc(C(C)C)nc3c2)cc1S(=O)(=O)N1CCCCCC1. The minimum Gasteiger partial charge on any atom is -0.495 e. The van der Waals surface area contributed by atoms with Gasteiger partial charge in [-0.1, -0.05) is 26.7 Å². The van der Waals surface area contributed by atoms with Gasteiger partial charge in [-0.25, -0.2) is 13.4 Å². The fourth-order valence-electron chi connectivity index (χ4n) is 3.91. The molecule has 1 aromatic heterocycles. The van der Waals surface area contributed by atoms with Crippen molar-refractivity contribution < 1.29 is 22.4 Å². The Balaban J connectivity index is 1.61. The number of methoxy groups -OCH3 is 1. The Labute approximate surface area is 194 Å². The largest absolute Gasteiger partial charge is 0.495 e. The third-order valence-electron chi connectivity index (χ3n) is 5.76. The zero-order valence-corrected chi connectivity index (χ0v) is 19.9. The number of oxazole rings is 1. The molecule has 0 radical (unpaired) electrons. The van der Waals surface area contributed by atoms with Gasteiger partial charge in [-0.2, -0.15) is 4.31 Å². The highest BCUT2D eigenvalue weighted by atomic mass is 32.2. The second-order valence-electron chi connectivity index (χ2n) is 8.53. The molecule has 1 aliphatic heterocycles. The summed E-state index contributed by atoms with van der Waals surface area (Å²) in [6.07, 6.45) is 3.68. The summed E-state index contributed by atoms with van der Waals surface area (Å²) in [6.45, 7) is 4.93. The van der Waals surface area contributed by atoms with Crippen LogP contribution in [0.2, 0.25) is 0 Å². The number of carbonyl (C=O) groups is 1. The van der Waals surface area contributed by atoms with Crippen molar-refractivity contribution in [3.8, 4) is 5.75 Å². The third-order valence-corrected chi connectivity index (χ3v) is 7.68. The lowest BCUT2D eigenvalue weighted by Gasteiger charge is -2.21. The summed E-state index contributed by atoms with van der Waals surface area (Å²) in [5, 5.41) is 2.82. The lowest BCUT2D eigenvalue weighted by molar-refractivity contribution is 0.102. The van der Waals surface area contributed by atoms with E-state index in [0.29, 0.717) is 35.8 Å². The predicted molar refractivity (Wildman–Crippen MR) is 126 cm³/mol. The first-order valence-corrected chi connectivity index (χ1v) is 12.6. The number of rotatable bonds is 6. The van der Waals surface area contributed by atoms with Crippen LogP contribution in [0.15, 0.2) is 45.7 Å². The highest BCUT2D eigenvalue weighted by molar-refractivity contribution is 7.89. The number of hydrogen-bond donors (Lipinski definition) is 1. The second-order valence-corrected chi connectivity index (χ2v) is 10.4. The molecule has 2 aromatic carbocycles. The van der Waals surface area contributed by atoms with Crippen molar-refractivity contribution in [2.75, 3.05) is 25.5 Å². The van der Waals surface area contributed by atoms with E-state index in [1.54, 1.807) is 24.3 Å². The van der Waals surface area contributed by atoms with Gasteiger partial charge in [-0.3, -0.25) is 4.79 Å². The maximum Gasteiger partial charge on any atom is 0.255 e. The molecule has 1 N–H and O–H groups in total. The van der Waals surface area contributed by atoms with Crippen molar-refractivity contribution in [2.24, 2.45) is 0 Å². The molecule has 0 unspecified atom stereocenters. The third kappa shape index (κ3) is 4.89. The molecular formula is C24H29N3O5S. The van der Waals surface area contributed by atoms with Crippen molar-refractivity contribution in [1.29, 1.82) is 0 Å². The van der Waals surface area contributed by atoms with Crippen LogP contribution in [0.1, 0.15) is 61.7 Å². The highest BCUT2D eigenvalue weighted by Crippen LogP contribution is 2.30. The number of benzene rings is 2. The number of nitrogens with one attached hydrogen (secondary N) is 1. The van der Waals surface area contributed by atoms with E-state index in [0.717, 1.165) is 25.7 Å². The standard InChI is InChI=1S/C24H29N3O5S/c1-16(2)24-26-19-15-18(9-11-20(19)32-24)25-23(28)17-8-10-21(31-3)22(14-17)33(29,30)27-12-6-4-5-7-13-27/h8-11,14-16H,4-7,12-13H2,1-3H3,(H,25,28). The molecule has 4 rings (SSSR count). The maximum absolute atomic E-state index is 13.4. The van der Waals surface area contributed by atoms with Crippen LogP contribution in [0.25, 0.3) is 11.1 Å². The molecular weight excluding hydrogens is 442 g/mol. The number of carbonyl (C=O) groups excluding carboxylic acids is 1. The smallest absolute Gasteiger partial charge is 0.255 e. The minimum absolute atomic E-state index is 0.00748. The van der Waals surface area contributed by atoms with Gasteiger partial charge in [0, 0.05) is 30.3 Å². The normalized spacial score (nSPS) is 15.5. The molecule has 0 atom stereocenters. The van der Waals surface area contributed by atoms with E-state index in [-0.39, 0.29) is 22.1 Å². The van der Waals surface area contributed by atoms with Crippen LogP contribution in [0.4, 0.5) is 5.69 Å². The van der Waals surface area contributed by atoms with E-state index in [1.165, 1.54) is 23.5 Å². The van der Waals surface area contributed by atoms with Crippen molar-refractivity contribution in [3.05, 3.63) is 47.9 Å². The molecule has 9 heteroatoms. The Morgan fingerprint density at radius 3 is 2.48 bits per heavy atom. The number of ether oxygens (including phenoxy) is 1. The molecule has 0 bridgehead atoms. The van der Waals surface area contributed by atoms with Gasteiger partial charge in [0.1, 0.15) is 16.2 Å². The summed E-state index contributed by atoms with van der Waals surface area (Å²) in [7, 11) is -2.36. The molecule has 2 heterocycles. The molecule has 33 heavy (non-hydrogen) atoms. The van der Waals surface area contributed by atoms with E-state index in [1.807, 2.05) is 13.8 Å². The van der Waals surface area contributed by atoms with E-state index >= 15 is 0 Å². The monoisotopic (exact) mass is 471 g/mol. The first-order valence-electron chi connectivity index (χ1n) is 11.2. The summed E-state index contributed by atoms with van der Waals surface area (Å²) in [5.41, 5.74) is 2.07. The Morgan fingerprint density at radius 1 is 1.09 bits per heavy atom. The number of sulfonamides is 1. The summed E-state index contributed by atoms with van der Waals surface area (Å²) in [5.74, 6) is 0.587. The molecule has 1 fully saturated rings. The molecule has 1 amide bonds. The van der Waals surface area contributed by atoms with Gasteiger partial charge >= 0.3 is 0 Å². The second kappa shape index (κ2) is 9.52. The summed E-state index contributed by atoms with van der Waals surface area (Å²) in [4.78, 5) is 17.4. The van der Waals surface area contributed by atoms with Crippen molar-refractivity contribution >= 4 is 32.7 Å². The fourth-order valence-corrected chi connectivity index (χ4v) is 5.61. The van der Waals surface area contributed by atoms with Crippen LogP contribution >= 0.6 is 0 Å². The van der Waals surface area contributed by atoms with E-state index in [2.05, 4.69) is 10.3 Å². The van der Waals surface area contributed by atoms with Gasteiger partial charge in [-0.15, -0.1) is 0 Å². The maximum atomic E-state index is 13.4. The first-order chi connectivity index (χ1) is 15.8. The molecule has 1 saturated heterocycles. The van der Waals surface area contributed by atoms with Crippen LogP contribution in [-0.4, -0.2) is 43.8 Å². The number of anilines is 1. The lowest BCUT2D eigenvalue weighted by Crippen LogP contribution is -2.32. The molecule has 176 valence electrons. The van der Waals surface area contributed by atoms with Gasteiger partial charge in [0.25, 0.3) is 5.91 Å². The zero-order chi connectivity index (χ0) is 23.6. The van der Waals surface area contributed by atoms with Crippen LogP contribution in [0.3, 0.4) is 0 Å². The van der Waals surface area contributed by atoms with Crippen LogP contribution < -0.4 is 10.1 Å². The molecule has 0 saturated carbocycles. The number of nitrogens with zero attached hydrogens (tertiary/aromatic N) is 2. The average molecular weight is 472 g/mol. The Morgan fingerprint density at radius 2 is 1.82 bits per heavy atom. The topological polar surface area (TPSA) is 102 Å². The van der Waals surface area contributed by atoms with Gasteiger partial charge in [0.15, 0.2) is 11.5 Å². The fraction of sp³-hybridized carbons (Fsp3) is 0.417. The summed E-state index contributed by atoms with van der Waals surface area (Å²) in [6, 6.07) is 9.69. The van der Waals surface area contributed by atoms with Gasteiger partial charge in [-0.05, 0) is 49.2 Å². The minimum atomic E-state index is -3.79. The quantitative estimate of drug-likeness (QED) is 0.555. The summed E-state index contributed by atoms with van der Waals surface area (Å²) >= 11 is 0. The zero-order valence-electron chi connectivity index (χ0n) is 19.1. The Hall–Kier alpha value is -2.91. The van der Waals surface area contributed by atoms with Crippen LogP contribution in [0.5, 0.6) is 5.75 Å². The van der Waals surface area contributed by atoms with Crippen molar-refractivity contribution in [2.45, 2.75) is 50.3 Å². The predicted octanol–water partition coefficient (Wildman–Crippen LogP) is 4.78. The van der Waals surface area contributed by atoms with Crippen molar-refractivity contribution in [1.82, 2.24) is 9.29 Å². The average Bonchev–Trinajstić information content (AvgIpc) is 3.03. The molecule has 0 spiro atoms. The molecule has 3 aromatic rings. The first kappa shape index (κ1) is 23.3. The number of hydrogen-bond acceptors (Lipinski definition) is 6. The molecule has 1 aliphatic rings. The number of fused-ring (bicyclic) bond motifs is 1. The number of amides is 1. The van der Waals surface area contributed by atoms with Gasteiger partial charge in [0.2, 0.25) is 10.0 Å². The van der Waals surface area contributed by atoms with E-state index in [9.17, 15) is 13.2 Å². The van der Waals surface area contributed by atoms with Crippen LogP contribution in [-0.2, 0) is 10.0 Å². The van der Waals surface area contributed by atoms with Gasteiger partial charge < -0.3 is 14.5 Å². The van der Waals surface area contributed by atoms with E-state index in [4.69, 9.17) is 9.15 Å². The molecule has 0 aliphatic carbocycles. The summed E-state index contributed by atoms with van der Waals surface area (Å²) < 4.78 is 39.2. The molecule has 8 nitrogen and oxygen atoms in total. The van der Waals surface area contributed by atoms with E-state index < -0.39 is 15.9 Å². The Kier molecular flexibility index (Phi) is 6.71. The van der Waals surface area contributed by atoms with Crippen LogP contribution in [0, 0.1) is 0 Å².